The second kappa shape index (κ2) is 5.46. The Labute approximate surface area is 177 Å². The summed E-state index contributed by atoms with van der Waals surface area (Å²) < 4.78 is 1.21. The minimum Gasteiger partial charge on any atom is -0.0843 e. The molecule has 27 heavy (non-hydrogen) atoms. The van der Waals surface area contributed by atoms with E-state index in [2.05, 4.69) is 108 Å². The Balaban J connectivity index is 1.89. The molecule has 2 aliphatic carbocycles. The van der Waals surface area contributed by atoms with Gasteiger partial charge in [0.2, 0.25) is 0 Å². The van der Waals surface area contributed by atoms with Crippen LogP contribution in [-0.4, -0.2) is 0 Å². The van der Waals surface area contributed by atoms with E-state index < -0.39 is 0 Å². The van der Waals surface area contributed by atoms with Crippen molar-refractivity contribution in [2.75, 3.05) is 0 Å². The van der Waals surface area contributed by atoms with Crippen LogP contribution in [0.5, 0.6) is 0 Å². The van der Waals surface area contributed by atoms with Gasteiger partial charge in [0.25, 0.3) is 0 Å². The lowest BCUT2D eigenvalue weighted by Gasteiger charge is -2.30. The molecule has 0 atom stereocenters. The van der Waals surface area contributed by atoms with Crippen molar-refractivity contribution >= 4 is 34.2 Å². The molecule has 0 bridgehead atoms. The summed E-state index contributed by atoms with van der Waals surface area (Å²) in [7, 11) is 0. The van der Waals surface area contributed by atoms with Crippen molar-refractivity contribution in [1.29, 1.82) is 0 Å². The molecule has 0 aromatic heterocycles. The molecule has 4 aromatic carbocycles. The van der Waals surface area contributed by atoms with Crippen LogP contribution >= 0.6 is 34.2 Å². The van der Waals surface area contributed by atoms with Crippen LogP contribution in [0, 0.1) is 3.57 Å². The monoisotopic (exact) mass is 476 g/mol. The highest BCUT2D eigenvalue weighted by atomic mass is 127. The van der Waals surface area contributed by atoms with Crippen LogP contribution in [0.1, 0.15) is 22.3 Å². The van der Waals surface area contributed by atoms with Gasteiger partial charge < -0.3 is 0 Å². The predicted octanol–water partition coefficient (Wildman–Crippen LogP) is 7.29. The lowest BCUT2D eigenvalue weighted by Crippen LogP contribution is -2.25. The Bertz CT molecular complexity index is 1210. The van der Waals surface area contributed by atoms with E-state index in [0.717, 1.165) is 5.02 Å². The van der Waals surface area contributed by atoms with E-state index in [1.165, 1.54) is 48.1 Å². The normalized spacial score (nSPS) is 14.6. The van der Waals surface area contributed by atoms with Crippen molar-refractivity contribution in [2.24, 2.45) is 0 Å². The maximum absolute atomic E-state index is 6.58. The maximum Gasteiger partial charge on any atom is 0.0726 e. The van der Waals surface area contributed by atoms with Gasteiger partial charge in [-0.25, -0.2) is 0 Å². The quantitative estimate of drug-likeness (QED) is 0.202. The highest BCUT2D eigenvalue weighted by Gasteiger charge is 2.51. The molecule has 0 saturated carbocycles. The molecule has 0 heterocycles. The van der Waals surface area contributed by atoms with Gasteiger partial charge in [-0.2, -0.15) is 0 Å². The average Bonchev–Trinajstić information content (AvgIpc) is 3.15. The maximum atomic E-state index is 6.58. The first-order chi connectivity index (χ1) is 13.2. The molecular formula is C25H14ClI. The van der Waals surface area contributed by atoms with E-state index in [1.54, 1.807) is 0 Å². The summed E-state index contributed by atoms with van der Waals surface area (Å²) in [5.74, 6) is 0. The standard InChI is InChI=1S/C25H14ClI/c26-15-13-22-24(23(27)14-15)18-9-3-6-12-21(18)25(22)19-10-4-1-7-16(19)17-8-2-5-11-20(17)25/h1-14H. The lowest BCUT2D eigenvalue weighted by molar-refractivity contribution is 0.793. The van der Waals surface area contributed by atoms with Crippen LogP contribution in [0.2, 0.25) is 5.02 Å². The summed E-state index contributed by atoms with van der Waals surface area (Å²) in [6, 6.07) is 30.7. The van der Waals surface area contributed by atoms with Gasteiger partial charge in [-0.15, -0.1) is 0 Å². The van der Waals surface area contributed by atoms with Crippen LogP contribution in [-0.2, 0) is 5.41 Å². The van der Waals surface area contributed by atoms with Crippen molar-refractivity contribution in [3.8, 4) is 22.3 Å². The van der Waals surface area contributed by atoms with E-state index in [4.69, 9.17) is 11.6 Å². The van der Waals surface area contributed by atoms with Crippen LogP contribution in [0.3, 0.4) is 0 Å². The molecule has 0 fully saturated rings. The molecule has 0 nitrogen and oxygen atoms in total. The van der Waals surface area contributed by atoms with Crippen LogP contribution in [0.4, 0.5) is 0 Å². The summed E-state index contributed by atoms with van der Waals surface area (Å²) in [6.07, 6.45) is 0. The average molecular weight is 477 g/mol. The smallest absolute Gasteiger partial charge is 0.0726 e. The van der Waals surface area contributed by atoms with Crippen LogP contribution < -0.4 is 0 Å². The minimum atomic E-state index is -0.288. The summed E-state index contributed by atoms with van der Waals surface area (Å²) in [5.41, 5.74) is 10.4. The summed E-state index contributed by atoms with van der Waals surface area (Å²) in [5, 5.41) is 0.798. The van der Waals surface area contributed by atoms with Gasteiger partial charge in [0.15, 0.2) is 0 Å². The van der Waals surface area contributed by atoms with Crippen molar-refractivity contribution in [3.05, 3.63) is 116 Å². The van der Waals surface area contributed by atoms with E-state index in [9.17, 15) is 0 Å². The Morgan fingerprint density at radius 1 is 0.593 bits per heavy atom. The molecule has 128 valence electrons. The third kappa shape index (κ3) is 1.84. The molecule has 2 aliphatic rings. The minimum absolute atomic E-state index is 0.288. The van der Waals surface area contributed by atoms with Gasteiger partial charge in [-0.1, -0.05) is 84.4 Å². The van der Waals surface area contributed by atoms with E-state index in [0.29, 0.717) is 0 Å². The third-order valence-corrected chi connectivity index (χ3v) is 7.08. The van der Waals surface area contributed by atoms with Crippen molar-refractivity contribution < 1.29 is 0 Å². The van der Waals surface area contributed by atoms with Crippen molar-refractivity contribution in [3.63, 3.8) is 0 Å². The first kappa shape index (κ1) is 15.9. The molecule has 0 N–H and O–H groups in total. The molecule has 6 rings (SSSR count). The zero-order chi connectivity index (χ0) is 18.2. The summed E-state index contributed by atoms with van der Waals surface area (Å²) in [4.78, 5) is 0. The zero-order valence-corrected chi connectivity index (χ0v) is 17.3. The molecule has 0 unspecified atom stereocenters. The summed E-state index contributed by atoms with van der Waals surface area (Å²) >= 11 is 9.02. The van der Waals surface area contributed by atoms with E-state index >= 15 is 0 Å². The molecule has 0 aliphatic heterocycles. The molecular weight excluding hydrogens is 463 g/mol. The Kier molecular flexibility index (Phi) is 3.22. The van der Waals surface area contributed by atoms with Gasteiger partial charge in [-0.05, 0) is 73.7 Å². The predicted molar refractivity (Wildman–Crippen MR) is 120 cm³/mol. The van der Waals surface area contributed by atoms with Crippen LogP contribution in [0.25, 0.3) is 22.3 Å². The molecule has 2 heteroatoms. The molecule has 0 amide bonds. The third-order valence-electron chi connectivity index (χ3n) is 6.01. The number of benzene rings is 4. The topological polar surface area (TPSA) is 0 Å². The second-order valence-electron chi connectivity index (χ2n) is 7.20. The first-order valence-electron chi connectivity index (χ1n) is 9.01. The largest absolute Gasteiger partial charge is 0.0843 e. The number of hydrogen-bond donors (Lipinski definition) is 0. The Morgan fingerprint density at radius 3 is 1.67 bits per heavy atom. The SMILES string of the molecule is Clc1cc(I)c2c(c1)C1(c3ccccc3-c3ccccc31)c1ccccc1-2. The fraction of sp³-hybridized carbons (Fsp3) is 0.0400. The molecule has 4 aromatic rings. The zero-order valence-electron chi connectivity index (χ0n) is 14.3. The fourth-order valence-electron chi connectivity index (χ4n) is 5.13. The number of hydrogen-bond acceptors (Lipinski definition) is 0. The molecule has 0 radical (unpaired) electrons. The van der Waals surface area contributed by atoms with Gasteiger partial charge in [0.05, 0.1) is 5.41 Å². The van der Waals surface area contributed by atoms with Crippen molar-refractivity contribution in [1.82, 2.24) is 0 Å². The van der Waals surface area contributed by atoms with E-state index in [1.807, 2.05) is 0 Å². The molecule has 1 spiro atoms. The number of rotatable bonds is 0. The summed E-state index contributed by atoms with van der Waals surface area (Å²) in [6.45, 7) is 0. The highest BCUT2D eigenvalue weighted by Crippen LogP contribution is 2.63. The Morgan fingerprint density at radius 2 is 1.07 bits per heavy atom. The lowest BCUT2D eigenvalue weighted by atomic mass is 9.70. The van der Waals surface area contributed by atoms with Gasteiger partial charge in [-0.3, -0.25) is 0 Å². The van der Waals surface area contributed by atoms with Gasteiger partial charge >= 0.3 is 0 Å². The van der Waals surface area contributed by atoms with Gasteiger partial charge in [0, 0.05) is 14.2 Å². The second-order valence-corrected chi connectivity index (χ2v) is 8.80. The Hall–Kier alpha value is -2.10. The van der Waals surface area contributed by atoms with Crippen LogP contribution in [0.15, 0.2) is 84.9 Å². The van der Waals surface area contributed by atoms with E-state index in [-0.39, 0.29) is 5.41 Å². The first-order valence-corrected chi connectivity index (χ1v) is 10.5. The van der Waals surface area contributed by atoms with Crippen molar-refractivity contribution in [2.45, 2.75) is 5.41 Å². The highest BCUT2D eigenvalue weighted by molar-refractivity contribution is 14.1. The fourth-order valence-corrected chi connectivity index (χ4v) is 6.45. The number of halogens is 2. The number of fused-ring (bicyclic) bond motifs is 10. The molecule has 0 saturated heterocycles. The van der Waals surface area contributed by atoms with Gasteiger partial charge in [0.1, 0.15) is 0 Å².